The Kier molecular flexibility index (Phi) is 3.91. The number of carbonyl (C=O) groups excluding carboxylic acids is 1. The predicted molar refractivity (Wildman–Crippen MR) is 97.5 cm³/mol. The maximum absolute atomic E-state index is 11.9. The molecule has 0 spiro atoms. The lowest BCUT2D eigenvalue weighted by molar-refractivity contribution is 0.0992. The molecule has 4 heteroatoms. The molecular weight excluding hydrogens is 298 g/mol. The molecule has 0 fully saturated rings. The highest BCUT2D eigenvalue weighted by Gasteiger charge is 2.17. The summed E-state index contributed by atoms with van der Waals surface area (Å²) in [6.07, 6.45) is 3.51. The second-order valence-corrected chi connectivity index (χ2v) is 6.52. The van der Waals surface area contributed by atoms with Crippen LogP contribution in [0.15, 0.2) is 24.5 Å². The molecule has 2 heterocycles. The Labute approximate surface area is 142 Å². The van der Waals surface area contributed by atoms with Crippen molar-refractivity contribution >= 4 is 16.8 Å². The van der Waals surface area contributed by atoms with Crippen LogP contribution in [0.4, 0.5) is 0 Å². The van der Waals surface area contributed by atoms with Crippen LogP contribution < -0.4 is 5.73 Å². The number of carbonyl (C=O) groups is 1. The van der Waals surface area contributed by atoms with Crippen molar-refractivity contribution in [1.29, 1.82) is 0 Å². The smallest absolute Gasteiger partial charge is 0.265 e. The number of rotatable bonds is 3. The van der Waals surface area contributed by atoms with Crippen LogP contribution in [0.3, 0.4) is 0 Å². The molecular formula is C20H23N3O. The van der Waals surface area contributed by atoms with Crippen molar-refractivity contribution in [1.82, 2.24) is 9.55 Å². The fourth-order valence-corrected chi connectivity index (χ4v) is 3.46. The van der Waals surface area contributed by atoms with Crippen LogP contribution in [0, 0.1) is 34.6 Å². The SMILES string of the molecule is Cc1c(C)c(C)c(Cn2c(C(N)=O)cc3cnccc32)c(C)c1C. The molecule has 0 radical (unpaired) electrons. The summed E-state index contributed by atoms with van der Waals surface area (Å²) >= 11 is 0. The van der Waals surface area contributed by atoms with Gasteiger partial charge in [0.15, 0.2) is 0 Å². The predicted octanol–water partition coefficient (Wildman–Crippen LogP) is 3.73. The molecule has 3 aromatic rings. The van der Waals surface area contributed by atoms with Crippen molar-refractivity contribution in [3.05, 3.63) is 63.6 Å². The summed E-state index contributed by atoms with van der Waals surface area (Å²) < 4.78 is 2.00. The van der Waals surface area contributed by atoms with E-state index in [0.29, 0.717) is 12.2 Å². The summed E-state index contributed by atoms with van der Waals surface area (Å²) in [5.74, 6) is -0.415. The van der Waals surface area contributed by atoms with Gasteiger partial charge in [0, 0.05) is 24.3 Å². The minimum Gasteiger partial charge on any atom is -0.364 e. The monoisotopic (exact) mass is 321 g/mol. The largest absolute Gasteiger partial charge is 0.364 e. The summed E-state index contributed by atoms with van der Waals surface area (Å²) in [5.41, 5.74) is 14.9. The van der Waals surface area contributed by atoms with E-state index in [1.807, 2.05) is 16.7 Å². The van der Waals surface area contributed by atoms with E-state index in [4.69, 9.17) is 5.73 Å². The number of nitrogens with two attached hydrogens (primary N) is 1. The zero-order valence-corrected chi connectivity index (χ0v) is 14.9. The molecule has 24 heavy (non-hydrogen) atoms. The Bertz CT molecular complexity index is 938. The molecule has 0 atom stereocenters. The average Bonchev–Trinajstić information content (AvgIpc) is 2.94. The first-order valence-electron chi connectivity index (χ1n) is 8.11. The Hall–Kier alpha value is -2.62. The molecule has 124 valence electrons. The Morgan fingerprint density at radius 3 is 2.21 bits per heavy atom. The minimum atomic E-state index is -0.415. The second-order valence-electron chi connectivity index (χ2n) is 6.52. The van der Waals surface area contributed by atoms with Crippen LogP contribution in [-0.2, 0) is 6.54 Å². The van der Waals surface area contributed by atoms with Crippen molar-refractivity contribution in [2.45, 2.75) is 41.2 Å². The lowest BCUT2D eigenvalue weighted by Gasteiger charge is -2.20. The molecule has 0 unspecified atom stereocenters. The zero-order valence-electron chi connectivity index (χ0n) is 14.9. The van der Waals surface area contributed by atoms with E-state index >= 15 is 0 Å². The van der Waals surface area contributed by atoms with E-state index in [1.54, 1.807) is 12.4 Å². The van der Waals surface area contributed by atoms with Crippen molar-refractivity contribution in [2.75, 3.05) is 0 Å². The van der Waals surface area contributed by atoms with Gasteiger partial charge in [0.25, 0.3) is 5.91 Å². The van der Waals surface area contributed by atoms with Crippen molar-refractivity contribution in [3.63, 3.8) is 0 Å². The Morgan fingerprint density at radius 2 is 1.62 bits per heavy atom. The number of aromatic nitrogens is 2. The normalized spacial score (nSPS) is 11.2. The molecule has 0 aliphatic rings. The van der Waals surface area contributed by atoms with E-state index in [-0.39, 0.29) is 0 Å². The van der Waals surface area contributed by atoms with Gasteiger partial charge in [-0.2, -0.15) is 0 Å². The lowest BCUT2D eigenvalue weighted by atomic mass is 9.89. The summed E-state index contributed by atoms with van der Waals surface area (Å²) in [6.45, 7) is 11.4. The van der Waals surface area contributed by atoms with Gasteiger partial charge in [-0.3, -0.25) is 9.78 Å². The topological polar surface area (TPSA) is 60.9 Å². The third-order valence-corrected chi connectivity index (χ3v) is 5.43. The van der Waals surface area contributed by atoms with Crippen LogP contribution in [0.25, 0.3) is 10.9 Å². The first-order chi connectivity index (χ1) is 11.3. The molecule has 0 saturated heterocycles. The molecule has 4 nitrogen and oxygen atoms in total. The Morgan fingerprint density at radius 1 is 1.04 bits per heavy atom. The minimum absolute atomic E-state index is 0.415. The highest BCUT2D eigenvalue weighted by Crippen LogP contribution is 2.28. The van der Waals surface area contributed by atoms with Gasteiger partial charge in [-0.05, 0) is 80.1 Å². The number of fused-ring (bicyclic) bond motifs is 1. The van der Waals surface area contributed by atoms with Crippen LogP contribution in [0.5, 0.6) is 0 Å². The lowest BCUT2D eigenvalue weighted by Crippen LogP contribution is -2.18. The first kappa shape index (κ1) is 16.2. The molecule has 3 rings (SSSR count). The number of nitrogens with zero attached hydrogens (tertiary/aromatic N) is 2. The van der Waals surface area contributed by atoms with Crippen LogP contribution in [-0.4, -0.2) is 15.5 Å². The second kappa shape index (κ2) is 5.78. The summed E-state index contributed by atoms with van der Waals surface area (Å²) in [4.78, 5) is 16.1. The average molecular weight is 321 g/mol. The van der Waals surface area contributed by atoms with E-state index in [2.05, 4.69) is 39.6 Å². The summed E-state index contributed by atoms with van der Waals surface area (Å²) in [7, 11) is 0. The maximum Gasteiger partial charge on any atom is 0.265 e. The van der Waals surface area contributed by atoms with E-state index < -0.39 is 5.91 Å². The third kappa shape index (κ3) is 2.39. The highest BCUT2D eigenvalue weighted by molar-refractivity contribution is 5.97. The number of primary amides is 1. The van der Waals surface area contributed by atoms with Crippen molar-refractivity contribution in [3.8, 4) is 0 Å². The maximum atomic E-state index is 11.9. The van der Waals surface area contributed by atoms with Gasteiger partial charge in [0.2, 0.25) is 0 Å². The van der Waals surface area contributed by atoms with Gasteiger partial charge in [0.05, 0.1) is 5.52 Å². The number of hydrogen-bond donors (Lipinski definition) is 1. The molecule has 1 amide bonds. The zero-order chi connectivity index (χ0) is 17.6. The quantitative estimate of drug-likeness (QED) is 0.799. The number of benzene rings is 1. The molecule has 2 N–H and O–H groups in total. The summed E-state index contributed by atoms with van der Waals surface area (Å²) in [5, 5.41) is 0.933. The molecule has 1 aromatic carbocycles. The van der Waals surface area contributed by atoms with E-state index in [1.165, 1.54) is 33.4 Å². The molecule has 0 saturated carbocycles. The fraction of sp³-hybridized carbons (Fsp3) is 0.300. The van der Waals surface area contributed by atoms with Crippen LogP contribution in [0.2, 0.25) is 0 Å². The third-order valence-electron chi connectivity index (χ3n) is 5.43. The van der Waals surface area contributed by atoms with E-state index in [0.717, 1.165) is 10.9 Å². The van der Waals surface area contributed by atoms with E-state index in [9.17, 15) is 4.79 Å². The van der Waals surface area contributed by atoms with Gasteiger partial charge in [-0.15, -0.1) is 0 Å². The number of hydrogen-bond acceptors (Lipinski definition) is 2. The summed E-state index contributed by atoms with van der Waals surface area (Å²) in [6, 6.07) is 3.75. The Balaban J connectivity index is 2.25. The highest BCUT2D eigenvalue weighted by atomic mass is 16.1. The molecule has 0 aliphatic carbocycles. The fourth-order valence-electron chi connectivity index (χ4n) is 3.46. The van der Waals surface area contributed by atoms with Gasteiger partial charge in [-0.25, -0.2) is 0 Å². The number of pyridine rings is 1. The van der Waals surface area contributed by atoms with Gasteiger partial charge >= 0.3 is 0 Å². The van der Waals surface area contributed by atoms with Crippen LogP contribution >= 0.6 is 0 Å². The van der Waals surface area contributed by atoms with Gasteiger partial charge < -0.3 is 10.3 Å². The van der Waals surface area contributed by atoms with Gasteiger partial charge in [0.1, 0.15) is 5.69 Å². The van der Waals surface area contributed by atoms with Crippen molar-refractivity contribution in [2.24, 2.45) is 5.73 Å². The molecule has 0 aliphatic heterocycles. The van der Waals surface area contributed by atoms with Gasteiger partial charge in [-0.1, -0.05) is 0 Å². The molecule has 2 aromatic heterocycles. The first-order valence-corrected chi connectivity index (χ1v) is 8.11. The number of amides is 1. The van der Waals surface area contributed by atoms with Crippen LogP contribution in [0.1, 0.15) is 43.9 Å². The standard InChI is InChI=1S/C20H23N3O/c1-11-12(2)14(4)17(15(5)13(11)3)10-23-18-6-7-22-9-16(18)8-19(23)20(21)24/h6-9H,10H2,1-5H3,(H2,21,24). The van der Waals surface area contributed by atoms with Crippen molar-refractivity contribution < 1.29 is 4.79 Å². The molecule has 0 bridgehead atoms.